The fraction of sp³-hybridized carbons (Fsp3) is 0.421. The number of anilines is 1. The standard InChI is InChI=1S/C19H25N3/c20-18-5-1-17(2-6-18)14-22-19-7-3-15(4-8-19)13-16-9-11-21-12-10-16/h3-4,7-12,17-18,22H,1-2,5-6,13-14,20H2/t17-,18-. The summed E-state index contributed by atoms with van der Waals surface area (Å²) in [5.74, 6) is 0.774. The van der Waals surface area contributed by atoms with Gasteiger partial charge in [-0.05, 0) is 73.4 Å². The van der Waals surface area contributed by atoms with Crippen LogP contribution in [0.3, 0.4) is 0 Å². The molecule has 116 valence electrons. The van der Waals surface area contributed by atoms with E-state index in [1.807, 2.05) is 12.4 Å². The molecule has 1 saturated carbocycles. The molecular weight excluding hydrogens is 270 g/mol. The highest BCUT2D eigenvalue weighted by atomic mass is 14.9. The molecule has 3 nitrogen and oxygen atoms in total. The molecule has 2 aromatic rings. The van der Waals surface area contributed by atoms with Crippen molar-refractivity contribution in [2.75, 3.05) is 11.9 Å². The number of hydrogen-bond donors (Lipinski definition) is 2. The predicted octanol–water partition coefficient (Wildman–Crippen LogP) is 3.60. The second-order valence-corrected chi connectivity index (χ2v) is 6.39. The van der Waals surface area contributed by atoms with E-state index in [0.717, 1.165) is 18.9 Å². The Bertz CT molecular complexity index is 557. The number of nitrogens with zero attached hydrogens (tertiary/aromatic N) is 1. The summed E-state index contributed by atoms with van der Waals surface area (Å²) in [7, 11) is 0. The quantitative estimate of drug-likeness (QED) is 0.886. The van der Waals surface area contributed by atoms with Crippen molar-refractivity contribution in [3.8, 4) is 0 Å². The van der Waals surface area contributed by atoms with Gasteiger partial charge in [-0.3, -0.25) is 4.98 Å². The molecule has 0 saturated heterocycles. The number of aromatic nitrogens is 1. The number of hydrogen-bond acceptors (Lipinski definition) is 3. The third-order valence-electron chi connectivity index (χ3n) is 4.60. The van der Waals surface area contributed by atoms with Crippen LogP contribution in [0.25, 0.3) is 0 Å². The Morgan fingerprint density at radius 3 is 2.23 bits per heavy atom. The van der Waals surface area contributed by atoms with E-state index in [9.17, 15) is 0 Å². The molecule has 1 heterocycles. The minimum atomic E-state index is 0.434. The van der Waals surface area contributed by atoms with Gasteiger partial charge in [0.25, 0.3) is 0 Å². The highest BCUT2D eigenvalue weighted by molar-refractivity contribution is 5.45. The molecule has 0 atom stereocenters. The van der Waals surface area contributed by atoms with Gasteiger partial charge in [-0.15, -0.1) is 0 Å². The minimum absolute atomic E-state index is 0.434. The number of nitrogens with two attached hydrogens (primary N) is 1. The van der Waals surface area contributed by atoms with Gasteiger partial charge in [-0.1, -0.05) is 12.1 Å². The lowest BCUT2D eigenvalue weighted by molar-refractivity contribution is 0.339. The maximum Gasteiger partial charge on any atom is 0.0340 e. The highest BCUT2D eigenvalue weighted by Gasteiger charge is 2.17. The van der Waals surface area contributed by atoms with Crippen molar-refractivity contribution in [3.63, 3.8) is 0 Å². The zero-order chi connectivity index (χ0) is 15.2. The van der Waals surface area contributed by atoms with Crippen molar-refractivity contribution < 1.29 is 0 Å². The van der Waals surface area contributed by atoms with Gasteiger partial charge >= 0.3 is 0 Å². The van der Waals surface area contributed by atoms with Crippen molar-refractivity contribution in [2.24, 2.45) is 11.7 Å². The van der Waals surface area contributed by atoms with Crippen LogP contribution in [0.4, 0.5) is 5.69 Å². The van der Waals surface area contributed by atoms with Crippen molar-refractivity contribution in [1.29, 1.82) is 0 Å². The summed E-state index contributed by atoms with van der Waals surface area (Å²) in [6, 6.07) is 13.4. The van der Waals surface area contributed by atoms with Crippen LogP contribution in [0.2, 0.25) is 0 Å². The van der Waals surface area contributed by atoms with Crippen molar-refractivity contribution in [2.45, 2.75) is 38.1 Å². The fourth-order valence-electron chi connectivity index (χ4n) is 3.13. The van der Waals surface area contributed by atoms with Gasteiger partial charge in [0.2, 0.25) is 0 Å². The van der Waals surface area contributed by atoms with Crippen LogP contribution in [-0.4, -0.2) is 17.6 Å². The largest absolute Gasteiger partial charge is 0.385 e. The molecule has 0 amide bonds. The second-order valence-electron chi connectivity index (χ2n) is 6.39. The summed E-state index contributed by atoms with van der Waals surface area (Å²) in [4.78, 5) is 4.06. The van der Waals surface area contributed by atoms with Crippen LogP contribution in [0, 0.1) is 5.92 Å². The van der Waals surface area contributed by atoms with Crippen molar-refractivity contribution in [1.82, 2.24) is 4.98 Å². The van der Waals surface area contributed by atoms with Crippen molar-refractivity contribution in [3.05, 3.63) is 59.9 Å². The van der Waals surface area contributed by atoms with Crippen LogP contribution in [-0.2, 0) is 6.42 Å². The van der Waals surface area contributed by atoms with Crippen LogP contribution in [0.15, 0.2) is 48.8 Å². The van der Waals surface area contributed by atoms with E-state index < -0.39 is 0 Å². The molecule has 1 aromatic carbocycles. The SMILES string of the molecule is N[C@H]1CC[C@H](CNc2ccc(Cc3ccncc3)cc2)CC1. The Morgan fingerprint density at radius 1 is 0.909 bits per heavy atom. The van der Waals surface area contributed by atoms with E-state index in [2.05, 4.69) is 46.7 Å². The molecule has 1 aliphatic carbocycles. The van der Waals surface area contributed by atoms with E-state index in [1.54, 1.807) is 0 Å². The van der Waals surface area contributed by atoms with Gasteiger partial charge in [-0.25, -0.2) is 0 Å². The molecule has 3 N–H and O–H groups in total. The third kappa shape index (κ3) is 4.31. The molecule has 0 aliphatic heterocycles. The van der Waals surface area contributed by atoms with E-state index in [4.69, 9.17) is 5.73 Å². The lowest BCUT2D eigenvalue weighted by Gasteiger charge is -2.26. The first-order valence-electron chi connectivity index (χ1n) is 8.27. The molecule has 1 aliphatic rings. The average molecular weight is 295 g/mol. The summed E-state index contributed by atoms with van der Waals surface area (Å²) in [6.45, 7) is 1.07. The number of pyridine rings is 1. The third-order valence-corrected chi connectivity index (χ3v) is 4.60. The Labute approximate surface area is 133 Å². The zero-order valence-electron chi connectivity index (χ0n) is 13.0. The summed E-state index contributed by atoms with van der Waals surface area (Å²) < 4.78 is 0. The Balaban J connectivity index is 1.49. The Hall–Kier alpha value is -1.87. The highest BCUT2D eigenvalue weighted by Crippen LogP contribution is 2.23. The van der Waals surface area contributed by atoms with Gasteiger partial charge in [-0.2, -0.15) is 0 Å². The molecule has 3 heteroatoms. The maximum atomic E-state index is 5.96. The number of rotatable bonds is 5. The lowest BCUT2D eigenvalue weighted by Crippen LogP contribution is -2.29. The first kappa shape index (κ1) is 15.0. The average Bonchev–Trinajstić information content (AvgIpc) is 2.57. The summed E-state index contributed by atoms with van der Waals surface area (Å²) in [5, 5.41) is 3.57. The van der Waals surface area contributed by atoms with E-state index >= 15 is 0 Å². The maximum absolute atomic E-state index is 5.96. The molecule has 22 heavy (non-hydrogen) atoms. The van der Waals surface area contributed by atoms with E-state index in [-0.39, 0.29) is 0 Å². The van der Waals surface area contributed by atoms with Gasteiger partial charge < -0.3 is 11.1 Å². The van der Waals surface area contributed by atoms with Crippen LogP contribution in [0.1, 0.15) is 36.8 Å². The predicted molar refractivity (Wildman–Crippen MR) is 91.9 cm³/mol. The van der Waals surface area contributed by atoms with E-state index in [1.165, 1.54) is 42.5 Å². The van der Waals surface area contributed by atoms with Crippen LogP contribution >= 0.6 is 0 Å². The molecule has 0 radical (unpaired) electrons. The number of nitrogens with one attached hydrogen (secondary N) is 1. The zero-order valence-corrected chi connectivity index (χ0v) is 13.0. The monoisotopic (exact) mass is 295 g/mol. The Kier molecular flexibility index (Phi) is 5.07. The summed E-state index contributed by atoms with van der Waals surface area (Å²) in [6.07, 6.45) is 9.53. The number of benzene rings is 1. The van der Waals surface area contributed by atoms with Gasteiger partial charge in [0.05, 0.1) is 0 Å². The summed E-state index contributed by atoms with van der Waals surface area (Å²) in [5.41, 5.74) is 9.81. The minimum Gasteiger partial charge on any atom is -0.385 e. The molecule has 1 fully saturated rings. The molecule has 0 unspecified atom stereocenters. The molecular formula is C19H25N3. The fourth-order valence-corrected chi connectivity index (χ4v) is 3.13. The van der Waals surface area contributed by atoms with E-state index in [0.29, 0.717) is 6.04 Å². The normalized spacial score (nSPS) is 21.5. The van der Waals surface area contributed by atoms with Gasteiger partial charge in [0, 0.05) is 30.7 Å². The molecule has 3 rings (SSSR count). The topological polar surface area (TPSA) is 50.9 Å². The smallest absolute Gasteiger partial charge is 0.0340 e. The molecule has 1 aromatic heterocycles. The van der Waals surface area contributed by atoms with Crippen LogP contribution < -0.4 is 11.1 Å². The van der Waals surface area contributed by atoms with Crippen LogP contribution in [0.5, 0.6) is 0 Å². The second kappa shape index (κ2) is 7.41. The van der Waals surface area contributed by atoms with Gasteiger partial charge in [0.15, 0.2) is 0 Å². The molecule has 0 spiro atoms. The molecule has 0 bridgehead atoms. The first-order valence-corrected chi connectivity index (χ1v) is 8.27. The summed E-state index contributed by atoms with van der Waals surface area (Å²) >= 11 is 0. The van der Waals surface area contributed by atoms with Gasteiger partial charge in [0.1, 0.15) is 0 Å². The first-order chi connectivity index (χ1) is 10.8. The lowest BCUT2D eigenvalue weighted by atomic mass is 9.86. The Morgan fingerprint density at radius 2 is 1.55 bits per heavy atom. The van der Waals surface area contributed by atoms with Crippen molar-refractivity contribution >= 4 is 5.69 Å².